The van der Waals surface area contributed by atoms with E-state index in [4.69, 9.17) is 9.47 Å². The predicted octanol–water partition coefficient (Wildman–Crippen LogP) is 2.53. The van der Waals surface area contributed by atoms with Crippen LogP contribution < -0.4 is 14.8 Å². The molecule has 0 aromatic heterocycles. The molecular formula is C18H27NO3. The van der Waals surface area contributed by atoms with E-state index in [1.165, 1.54) is 12.0 Å². The number of nitrogens with one attached hydrogen (secondary N) is 1. The van der Waals surface area contributed by atoms with E-state index < -0.39 is 5.60 Å². The molecule has 1 saturated carbocycles. The van der Waals surface area contributed by atoms with Crippen molar-refractivity contribution in [3.63, 3.8) is 0 Å². The first kappa shape index (κ1) is 15.6. The fourth-order valence-corrected chi connectivity index (χ4v) is 4.23. The van der Waals surface area contributed by atoms with Gasteiger partial charge in [-0.3, -0.25) is 0 Å². The van der Waals surface area contributed by atoms with Gasteiger partial charge in [-0.1, -0.05) is 18.9 Å². The molecule has 1 saturated heterocycles. The summed E-state index contributed by atoms with van der Waals surface area (Å²) in [6.07, 6.45) is 6.30. The van der Waals surface area contributed by atoms with Gasteiger partial charge in [0.05, 0.1) is 19.8 Å². The van der Waals surface area contributed by atoms with E-state index in [1.807, 2.05) is 6.07 Å². The van der Waals surface area contributed by atoms with Crippen molar-refractivity contribution in [1.82, 2.24) is 5.32 Å². The largest absolute Gasteiger partial charge is 0.493 e. The van der Waals surface area contributed by atoms with Crippen LogP contribution >= 0.6 is 0 Å². The summed E-state index contributed by atoms with van der Waals surface area (Å²) >= 11 is 0. The number of hydrogen-bond acceptors (Lipinski definition) is 4. The Balaban J connectivity index is 1.77. The Labute approximate surface area is 132 Å². The van der Waals surface area contributed by atoms with Crippen LogP contribution in [0, 0.1) is 5.92 Å². The van der Waals surface area contributed by atoms with Crippen LogP contribution in [-0.4, -0.2) is 37.5 Å². The van der Waals surface area contributed by atoms with E-state index in [0.29, 0.717) is 12.0 Å². The second-order valence-corrected chi connectivity index (χ2v) is 6.66. The molecule has 1 aliphatic heterocycles. The molecule has 0 radical (unpaired) electrons. The summed E-state index contributed by atoms with van der Waals surface area (Å²) in [5.74, 6) is 1.90. The average Bonchev–Trinajstić information content (AvgIpc) is 2.54. The molecule has 2 N–H and O–H groups in total. The monoisotopic (exact) mass is 305 g/mol. The summed E-state index contributed by atoms with van der Waals surface area (Å²) in [5, 5.41) is 14.6. The Kier molecular flexibility index (Phi) is 4.59. The molecule has 122 valence electrons. The molecule has 0 amide bonds. The molecule has 3 unspecified atom stereocenters. The first-order valence-electron chi connectivity index (χ1n) is 8.33. The fourth-order valence-electron chi connectivity index (χ4n) is 4.23. The highest BCUT2D eigenvalue weighted by Gasteiger charge is 2.45. The number of fused-ring (bicyclic) bond motifs is 1. The highest BCUT2D eigenvalue weighted by Crippen LogP contribution is 2.41. The standard InChI is InChI=1S/C18H27NO3/c1-21-16-7-6-13(12-17(16)22-2)11-15-14-5-3-4-8-18(14,20)9-10-19-15/h6-7,12,14-15,19-20H,3-5,8-11H2,1-2H3. The van der Waals surface area contributed by atoms with Crippen LogP contribution in [0.4, 0.5) is 0 Å². The lowest BCUT2D eigenvalue weighted by Crippen LogP contribution is -2.58. The van der Waals surface area contributed by atoms with Crippen molar-refractivity contribution in [2.75, 3.05) is 20.8 Å². The number of hydrogen-bond donors (Lipinski definition) is 2. The Morgan fingerprint density at radius 3 is 2.77 bits per heavy atom. The van der Waals surface area contributed by atoms with Gasteiger partial charge in [-0.05, 0) is 49.9 Å². The number of ether oxygens (including phenoxy) is 2. The Morgan fingerprint density at radius 1 is 1.18 bits per heavy atom. The van der Waals surface area contributed by atoms with Gasteiger partial charge in [0.25, 0.3) is 0 Å². The topological polar surface area (TPSA) is 50.7 Å². The number of piperidine rings is 1. The maximum absolute atomic E-state index is 10.9. The van der Waals surface area contributed by atoms with Gasteiger partial charge in [0.1, 0.15) is 0 Å². The molecule has 2 aliphatic rings. The molecule has 22 heavy (non-hydrogen) atoms. The van der Waals surface area contributed by atoms with Gasteiger partial charge in [-0.2, -0.15) is 0 Å². The van der Waals surface area contributed by atoms with E-state index in [-0.39, 0.29) is 0 Å². The lowest BCUT2D eigenvalue weighted by molar-refractivity contribution is -0.0850. The van der Waals surface area contributed by atoms with Gasteiger partial charge >= 0.3 is 0 Å². The van der Waals surface area contributed by atoms with Gasteiger partial charge in [0.15, 0.2) is 11.5 Å². The smallest absolute Gasteiger partial charge is 0.160 e. The van der Waals surface area contributed by atoms with Gasteiger partial charge in [0, 0.05) is 12.0 Å². The van der Waals surface area contributed by atoms with Gasteiger partial charge in [-0.25, -0.2) is 0 Å². The summed E-state index contributed by atoms with van der Waals surface area (Å²) in [4.78, 5) is 0. The minimum absolute atomic E-state index is 0.345. The zero-order valence-electron chi connectivity index (χ0n) is 13.6. The maximum atomic E-state index is 10.9. The molecule has 4 heteroatoms. The summed E-state index contributed by atoms with van der Waals surface area (Å²) in [5.41, 5.74) is 0.773. The molecule has 3 rings (SSSR count). The van der Waals surface area contributed by atoms with Crippen molar-refractivity contribution in [3.05, 3.63) is 23.8 Å². The van der Waals surface area contributed by atoms with Gasteiger partial charge in [-0.15, -0.1) is 0 Å². The van der Waals surface area contributed by atoms with Crippen molar-refractivity contribution in [2.24, 2.45) is 5.92 Å². The van der Waals surface area contributed by atoms with E-state index in [9.17, 15) is 5.11 Å². The lowest BCUT2D eigenvalue weighted by Gasteiger charge is -2.48. The van der Waals surface area contributed by atoms with Crippen molar-refractivity contribution in [1.29, 1.82) is 0 Å². The van der Waals surface area contributed by atoms with Crippen LogP contribution in [0.25, 0.3) is 0 Å². The molecule has 1 aromatic rings. The van der Waals surface area contributed by atoms with E-state index in [0.717, 1.165) is 50.1 Å². The molecule has 1 heterocycles. The van der Waals surface area contributed by atoms with E-state index in [1.54, 1.807) is 14.2 Å². The van der Waals surface area contributed by atoms with Crippen LogP contribution in [-0.2, 0) is 6.42 Å². The molecule has 0 bridgehead atoms. The molecule has 1 aromatic carbocycles. The Hall–Kier alpha value is -1.26. The highest BCUT2D eigenvalue weighted by atomic mass is 16.5. The van der Waals surface area contributed by atoms with Crippen LogP contribution in [0.3, 0.4) is 0 Å². The molecule has 1 aliphatic carbocycles. The van der Waals surface area contributed by atoms with E-state index >= 15 is 0 Å². The number of benzene rings is 1. The summed E-state index contributed by atoms with van der Waals surface area (Å²) in [7, 11) is 3.32. The Bertz CT molecular complexity index is 515. The zero-order valence-corrected chi connectivity index (χ0v) is 13.6. The third-order valence-corrected chi connectivity index (χ3v) is 5.42. The SMILES string of the molecule is COc1ccc(CC2NCCC3(O)CCCCC23)cc1OC. The molecule has 3 atom stereocenters. The third kappa shape index (κ3) is 2.95. The number of rotatable bonds is 4. The van der Waals surface area contributed by atoms with Crippen LogP contribution in [0.1, 0.15) is 37.7 Å². The first-order valence-corrected chi connectivity index (χ1v) is 8.33. The maximum Gasteiger partial charge on any atom is 0.160 e. The minimum atomic E-state index is -0.454. The van der Waals surface area contributed by atoms with Gasteiger partial charge in [0.2, 0.25) is 0 Å². The molecule has 2 fully saturated rings. The highest BCUT2D eigenvalue weighted by molar-refractivity contribution is 5.43. The zero-order chi connectivity index (χ0) is 15.6. The second kappa shape index (κ2) is 6.47. The van der Waals surface area contributed by atoms with Crippen LogP contribution in [0.2, 0.25) is 0 Å². The average molecular weight is 305 g/mol. The first-order chi connectivity index (χ1) is 10.7. The normalized spacial score (nSPS) is 31.4. The van der Waals surface area contributed by atoms with Crippen LogP contribution in [0.5, 0.6) is 11.5 Å². The van der Waals surface area contributed by atoms with Crippen molar-refractivity contribution in [2.45, 2.75) is 50.2 Å². The second-order valence-electron chi connectivity index (χ2n) is 6.66. The summed E-state index contributed by atoms with van der Waals surface area (Å²) in [6, 6.07) is 6.46. The molecular weight excluding hydrogens is 278 g/mol. The quantitative estimate of drug-likeness (QED) is 0.897. The predicted molar refractivity (Wildman–Crippen MR) is 86.6 cm³/mol. The molecule has 4 nitrogen and oxygen atoms in total. The van der Waals surface area contributed by atoms with Gasteiger partial charge < -0.3 is 19.9 Å². The molecule has 0 spiro atoms. The van der Waals surface area contributed by atoms with Crippen molar-refractivity contribution < 1.29 is 14.6 Å². The summed E-state index contributed by atoms with van der Waals surface area (Å²) < 4.78 is 10.7. The van der Waals surface area contributed by atoms with Crippen LogP contribution in [0.15, 0.2) is 18.2 Å². The van der Waals surface area contributed by atoms with Crippen molar-refractivity contribution in [3.8, 4) is 11.5 Å². The third-order valence-electron chi connectivity index (χ3n) is 5.42. The van der Waals surface area contributed by atoms with Crippen molar-refractivity contribution >= 4 is 0 Å². The number of aliphatic hydroxyl groups is 1. The Morgan fingerprint density at radius 2 is 2.00 bits per heavy atom. The summed E-state index contributed by atoms with van der Waals surface area (Å²) in [6.45, 7) is 0.908. The lowest BCUT2D eigenvalue weighted by atomic mass is 9.67. The van der Waals surface area contributed by atoms with E-state index in [2.05, 4.69) is 17.4 Å². The fraction of sp³-hybridized carbons (Fsp3) is 0.667. The number of methoxy groups -OCH3 is 2. The minimum Gasteiger partial charge on any atom is -0.493 e.